The molecule has 2 saturated carbocycles. The Labute approximate surface area is 173 Å². The van der Waals surface area contributed by atoms with Gasteiger partial charge in [0, 0.05) is 55.4 Å². The lowest BCUT2D eigenvalue weighted by Crippen LogP contribution is -2.48. The standard InChI is InChI=1S/C24H33N3O2/c1-25(2)22-11-17-13-27(14-18(17)12-23(22)29-15-16-7-8-16)24(28)20-5-4-6-21-19(20)9-10-26(21)3/h4-6,9-10,16-18,22-23H,7-8,11-15H2,1-3H3/t17-,18+,22-,23-/m1/s1. The zero-order valence-electron chi connectivity index (χ0n) is 17.9. The summed E-state index contributed by atoms with van der Waals surface area (Å²) in [6.45, 7) is 2.67. The predicted octanol–water partition coefficient (Wildman–Crippen LogP) is 3.39. The Morgan fingerprint density at radius 3 is 2.62 bits per heavy atom. The number of carbonyl (C=O) groups is 1. The Bertz CT molecular complexity index is 901. The van der Waals surface area contributed by atoms with Crippen LogP contribution < -0.4 is 0 Å². The number of hydrogen-bond acceptors (Lipinski definition) is 3. The maximum atomic E-state index is 13.4. The van der Waals surface area contributed by atoms with E-state index >= 15 is 0 Å². The molecule has 2 aliphatic carbocycles. The molecule has 0 spiro atoms. The molecule has 0 N–H and O–H groups in total. The average molecular weight is 396 g/mol. The van der Waals surface area contributed by atoms with Crippen molar-refractivity contribution in [3.05, 3.63) is 36.0 Å². The molecule has 1 aromatic carbocycles. The van der Waals surface area contributed by atoms with Crippen LogP contribution in [0, 0.1) is 17.8 Å². The fourth-order valence-corrected chi connectivity index (χ4v) is 5.48. The molecule has 5 nitrogen and oxygen atoms in total. The van der Waals surface area contributed by atoms with Crippen molar-refractivity contribution in [2.24, 2.45) is 24.8 Å². The van der Waals surface area contributed by atoms with E-state index in [1.165, 1.54) is 12.8 Å². The first-order valence-electron chi connectivity index (χ1n) is 11.1. The lowest BCUT2D eigenvalue weighted by atomic mass is 9.77. The van der Waals surface area contributed by atoms with Crippen molar-refractivity contribution in [2.45, 2.75) is 37.8 Å². The number of nitrogens with zero attached hydrogens (tertiary/aromatic N) is 3. The minimum atomic E-state index is 0.188. The average Bonchev–Trinajstić information content (AvgIpc) is 3.33. The molecule has 0 unspecified atom stereocenters. The number of carbonyl (C=O) groups excluding carboxylic acids is 1. The maximum absolute atomic E-state index is 13.4. The number of ether oxygens (including phenoxy) is 1. The Hall–Kier alpha value is -1.85. The van der Waals surface area contributed by atoms with Crippen LogP contribution in [0.15, 0.2) is 30.5 Å². The molecule has 4 atom stereocenters. The number of rotatable bonds is 5. The van der Waals surface area contributed by atoms with E-state index in [-0.39, 0.29) is 5.91 Å². The second-order valence-electron chi connectivity index (χ2n) is 9.71. The van der Waals surface area contributed by atoms with Crippen LogP contribution in [0.3, 0.4) is 0 Å². The fourth-order valence-electron chi connectivity index (χ4n) is 5.48. The number of likely N-dealkylation sites (N-methyl/N-ethyl adjacent to an activating group) is 1. The van der Waals surface area contributed by atoms with Gasteiger partial charge in [-0.15, -0.1) is 0 Å². The molecular formula is C24H33N3O2. The molecule has 1 aromatic heterocycles. The van der Waals surface area contributed by atoms with Gasteiger partial charge in [-0.1, -0.05) is 6.07 Å². The van der Waals surface area contributed by atoms with Crippen LogP contribution in [0.4, 0.5) is 0 Å². The van der Waals surface area contributed by atoms with Crippen molar-refractivity contribution in [2.75, 3.05) is 33.8 Å². The predicted molar refractivity (Wildman–Crippen MR) is 115 cm³/mol. The summed E-state index contributed by atoms with van der Waals surface area (Å²) < 4.78 is 8.46. The highest BCUT2D eigenvalue weighted by atomic mass is 16.5. The Morgan fingerprint density at radius 1 is 1.14 bits per heavy atom. The van der Waals surface area contributed by atoms with Crippen LogP contribution in [0.2, 0.25) is 0 Å². The van der Waals surface area contributed by atoms with Gasteiger partial charge in [0.05, 0.1) is 6.10 Å². The summed E-state index contributed by atoms with van der Waals surface area (Å²) in [6, 6.07) is 8.59. The topological polar surface area (TPSA) is 37.7 Å². The first-order valence-corrected chi connectivity index (χ1v) is 11.1. The summed E-state index contributed by atoms with van der Waals surface area (Å²) in [6.07, 6.45) is 7.22. The Morgan fingerprint density at radius 2 is 1.90 bits per heavy atom. The minimum Gasteiger partial charge on any atom is -0.376 e. The monoisotopic (exact) mass is 395 g/mol. The summed E-state index contributed by atoms with van der Waals surface area (Å²) in [5, 5.41) is 1.06. The van der Waals surface area contributed by atoms with Crippen molar-refractivity contribution in [3.8, 4) is 0 Å². The second kappa shape index (κ2) is 7.44. The molecular weight excluding hydrogens is 362 g/mol. The zero-order chi connectivity index (χ0) is 20.1. The van der Waals surface area contributed by atoms with Crippen LogP contribution in [0.1, 0.15) is 36.0 Å². The number of hydrogen-bond donors (Lipinski definition) is 0. The molecule has 0 bridgehead atoms. The van der Waals surface area contributed by atoms with Crippen molar-refractivity contribution in [1.29, 1.82) is 0 Å². The molecule has 1 aliphatic heterocycles. The third-order valence-electron chi connectivity index (χ3n) is 7.44. The van der Waals surface area contributed by atoms with E-state index in [1.54, 1.807) is 0 Å². The van der Waals surface area contributed by atoms with Gasteiger partial charge in [-0.2, -0.15) is 0 Å². The van der Waals surface area contributed by atoms with Crippen LogP contribution in [-0.2, 0) is 11.8 Å². The summed E-state index contributed by atoms with van der Waals surface area (Å²) in [4.78, 5) is 17.8. The summed E-state index contributed by atoms with van der Waals surface area (Å²) in [5.74, 6) is 2.13. The van der Waals surface area contributed by atoms with Crippen molar-refractivity contribution < 1.29 is 9.53 Å². The quantitative estimate of drug-likeness (QED) is 0.779. The summed E-state index contributed by atoms with van der Waals surface area (Å²) >= 11 is 0. The highest BCUT2D eigenvalue weighted by Crippen LogP contribution is 2.40. The highest BCUT2D eigenvalue weighted by Gasteiger charge is 2.45. The Balaban J connectivity index is 1.32. The zero-order valence-corrected chi connectivity index (χ0v) is 17.9. The number of fused-ring (bicyclic) bond motifs is 2. The number of aryl methyl sites for hydroxylation is 1. The molecule has 1 amide bonds. The Kier molecular flexibility index (Phi) is 4.91. The molecule has 5 rings (SSSR count). The van der Waals surface area contributed by atoms with E-state index in [4.69, 9.17) is 4.74 Å². The SMILES string of the molecule is CN(C)[C@@H]1C[C@@H]2CN(C(=O)c3cccc4c3ccn4C)C[C@@H]2C[C@H]1OCC1CC1. The fraction of sp³-hybridized carbons (Fsp3) is 0.625. The van der Waals surface area contributed by atoms with Gasteiger partial charge in [0.25, 0.3) is 5.91 Å². The highest BCUT2D eigenvalue weighted by molar-refractivity contribution is 6.06. The number of aromatic nitrogens is 1. The molecule has 5 heteroatoms. The molecule has 2 heterocycles. The van der Waals surface area contributed by atoms with Crippen molar-refractivity contribution in [1.82, 2.24) is 14.4 Å². The van der Waals surface area contributed by atoms with Crippen molar-refractivity contribution in [3.63, 3.8) is 0 Å². The van der Waals surface area contributed by atoms with E-state index in [0.29, 0.717) is 24.0 Å². The minimum absolute atomic E-state index is 0.188. The van der Waals surface area contributed by atoms with Gasteiger partial charge in [0.1, 0.15) is 0 Å². The van der Waals surface area contributed by atoms with Gasteiger partial charge in [-0.05, 0) is 75.7 Å². The van der Waals surface area contributed by atoms with Gasteiger partial charge in [-0.25, -0.2) is 0 Å². The largest absolute Gasteiger partial charge is 0.376 e. The van der Waals surface area contributed by atoms with Gasteiger partial charge in [0.2, 0.25) is 0 Å². The first-order chi connectivity index (χ1) is 14.0. The smallest absolute Gasteiger partial charge is 0.254 e. The molecule has 156 valence electrons. The normalized spacial score (nSPS) is 29.6. The molecule has 0 radical (unpaired) electrons. The lowest BCUT2D eigenvalue weighted by Gasteiger charge is -2.41. The maximum Gasteiger partial charge on any atom is 0.254 e. The van der Waals surface area contributed by atoms with Gasteiger partial charge < -0.3 is 19.1 Å². The van der Waals surface area contributed by atoms with E-state index < -0.39 is 0 Å². The molecule has 1 saturated heterocycles. The van der Waals surface area contributed by atoms with E-state index in [0.717, 1.165) is 54.9 Å². The summed E-state index contributed by atoms with van der Waals surface area (Å²) in [5.41, 5.74) is 1.96. The third kappa shape index (κ3) is 3.59. The van der Waals surface area contributed by atoms with Gasteiger partial charge in [0.15, 0.2) is 0 Å². The van der Waals surface area contributed by atoms with Gasteiger partial charge in [-0.3, -0.25) is 4.79 Å². The van der Waals surface area contributed by atoms with E-state index in [2.05, 4.69) is 40.6 Å². The van der Waals surface area contributed by atoms with Crippen LogP contribution in [0.25, 0.3) is 10.9 Å². The van der Waals surface area contributed by atoms with Crippen LogP contribution in [0.5, 0.6) is 0 Å². The summed E-state index contributed by atoms with van der Waals surface area (Å²) in [7, 11) is 6.38. The first kappa shape index (κ1) is 19.1. The van der Waals surface area contributed by atoms with Crippen molar-refractivity contribution >= 4 is 16.8 Å². The van der Waals surface area contributed by atoms with Crippen LogP contribution >= 0.6 is 0 Å². The molecule has 29 heavy (non-hydrogen) atoms. The number of likely N-dealkylation sites (tertiary alicyclic amines) is 1. The van der Waals surface area contributed by atoms with Gasteiger partial charge >= 0.3 is 0 Å². The lowest BCUT2D eigenvalue weighted by molar-refractivity contribution is -0.0493. The molecule has 3 aliphatic rings. The molecule has 2 aromatic rings. The number of amides is 1. The van der Waals surface area contributed by atoms with E-state index in [9.17, 15) is 4.79 Å². The van der Waals surface area contributed by atoms with Crippen LogP contribution in [-0.4, -0.2) is 66.2 Å². The molecule has 3 fully saturated rings. The van der Waals surface area contributed by atoms with E-state index in [1.807, 2.05) is 25.4 Å². The second-order valence-corrected chi connectivity index (χ2v) is 9.71. The number of benzene rings is 1. The third-order valence-corrected chi connectivity index (χ3v) is 7.44.